The van der Waals surface area contributed by atoms with Gasteiger partial charge in [-0.3, -0.25) is 4.79 Å². The molecular weight excluding hydrogens is 204 g/mol. The summed E-state index contributed by atoms with van der Waals surface area (Å²) in [4.78, 5) is 15.8. The van der Waals surface area contributed by atoms with E-state index in [1.807, 2.05) is 6.92 Å². The van der Waals surface area contributed by atoms with Gasteiger partial charge in [0.2, 0.25) is 0 Å². The molecule has 1 fully saturated rings. The van der Waals surface area contributed by atoms with Crippen LogP contribution >= 0.6 is 0 Å². The van der Waals surface area contributed by atoms with Gasteiger partial charge >= 0.3 is 5.97 Å². The Labute approximate surface area is 98.5 Å². The van der Waals surface area contributed by atoms with Gasteiger partial charge in [0.25, 0.3) is 0 Å². The number of esters is 1. The van der Waals surface area contributed by atoms with Crippen molar-refractivity contribution >= 4 is 5.97 Å². The first-order chi connectivity index (χ1) is 7.63. The Morgan fingerprint density at radius 3 is 2.88 bits per heavy atom. The van der Waals surface area contributed by atoms with Crippen molar-refractivity contribution < 1.29 is 9.53 Å². The van der Waals surface area contributed by atoms with E-state index in [9.17, 15) is 4.79 Å². The van der Waals surface area contributed by atoms with Crippen LogP contribution in [0.25, 0.3) is 0 Å². The Morgan fingerprint density at radius 1 is 1.56 bits per heavy atom. The van der Waals surface area contributed by atoms with Crippen LogP contribution in [-0.2, 0) is 9.53 Å². The van der Waals surface area contributed by atoms with Crippen LogP contribution in [0, 0.1) is 0 Å². The van der Waals surface area contributed by atoms with E-state index in [0.717, 1.165) is 13.1 Å². The number of likely N-dealkylation sites (N-methyl/N-ethyl adjacent to an activating group) is 2. The average Bonchev–Trinajstić information content (AvgIpc) is 2.62. The van der Waals surface area contributed by atoms with E-state index < -0.39 is 0 Å². The predicted octanol–water partition coefficient (Wildman–Crippen LogP) is 0.966. The number of likely N-dealkylation sites (tertiary alicyclic amines) is 1. The molecule has 0 aromatic heterocycles. The lowest BCUT2D eigenvalue weighted by Crippen LogP contribution is -2.37. The van der Waals surface area contributed by atoms with E-state index in [1.54, 1.807) is 0 Å². The molecule has 94 valence electrons. The Kier molecular flexibility index (Phi) is 5.77. The third kappa shape index (κ3) is 4.49. The summed E-state index contributed by atoms with van der Waals surface area (Å²) in [6, 6.07) is 0.659. The number of rotatable bonds is 6. The molecule has 0 bridgehead atoms. The second-order valence-corrected chi connectivity index (χ2v) is 4.59. The van der Waals surface area contributed by atoms with Crippen molar-refractivity contribution in [3.05, 3.63) is 0 Å². The van der Waals surface area contributed by atoms with E-state index in [4.69, 9.17) is 4.74 Å². The van der Waals surface area contributed by atoms with Gasteiger partial charge in [-0.1, -0.05) is 0 Å². The molecule has 0 aromatic carbocycles. The lowest BCUT2D eigenvalue weighted by atomic mass is 10.2. The molecule has 0 aliphatic carbocycles. The molecule has 1 unspecified atom stereocenters. The fourth-order valence-electron chi connectivity index (χ4n) is 2.18. The summed E-state index contributed by atoms with van der Waals surface area (Å²) in [5.74, 6) is -0.0888. The number of carbonyl (C=O) groups excluding carboxylic acids is 1. The lowest BCUT2D eigenvalue weighted by molar-refractivity contribution is -0.143. The van der Waals surface area contributed by atoms with Crippen molar-refractivity contribution in [1.29, 1.82) is 0 Å². The molecule has 16 heavy (non-hydrogen) atoms. The summed E-state index contributed by atoms with van der Waals surface area (Å²) in [6.45, 7) is 5.37. The van der Waals surface area contributed by atoms with Crippen molar-refractivity contribution in [2.45, 2.75) is 32.2 Å². The molecule has 4 nitrogen and oxygen atoms in total. The molecular formula is C12H24N2O2. The highest BCUT2D eigenvalue weighted by molar-refractivity contribution is 5.69. The van der Waals surface area contributed by atoms with Crippen LogP contribution in [-0.4, -0.2) is 62.1 Å². The van der Waals surface area contributed by atoms with Crippen molar-refractivity contribution in [2.24, 2.45) is 0 Å². The zero-order valence-corrected chi connectivity index (χ0v) is 10.7. The summed E-state index contributed by atoms with van der Waals surface area (Å²) in [7, 11) is 4.25. The number of nitrogens with zero attached hydrogens (tertiary/aromatic N) is 2. The van der Waals surface area contributed by atoms with Crippen LogP contribution in [0.4, 0.5) is 0 Å². The highest BCUT2D eigenvalue weighted by atomic mass is 16.5. The highest BCUT2D eigenvalue weighted by Crippen LogP contribution is 2.15. The van der Waals surface area contributed by atoms with Gasteiger partial charge in [-0.05, 0) is 40.4 Å². The van der Waals surface area contributed by atoms with Crippen molar-refractivity contribution in [2.75, 3.05) is 40.3 Å². The largest absolute Gasteiger partial charge is 0.466 e. The van der Waals surface area contributed by atoms with Crippen LogP contribution in [0.3, 0.4) is 0 Å². The SMILES string of the molecule is CCOC(=O)CCN(C)CC1CCCN1C. The highest BCUT2D eigenvalue weighted by Gasteiger charge is 2.22. The number of ether oxygens (including phenoxy) is 1. The van der Waals surface area contributed by atoms with Crippen molar-refractivity contribution in [3.63, 3.8) is 0 Å². The summed E-state index contributed by atoms with van der Waals surface area (Å²) in [5, 5.41) is 0. The van der Waals surface area contributed by atoms with Crippen LogP contribution in [0.5, 0.6) is 0 Å². The Hall–Kier alpha value is -0.610. The van der Waals surface area contributed by atoms with E-state index in [2.05, 4.69) is 23.9 Å². The molecule has 1 rings (SSSR count). The third-order valence-electron chi connectivity index (χ3n) is 3.20. The lowest BCUT2D eigenvalue weighted by Gasteiger charge is -2.25. The maximum Gasteiger partial charge on any atom is 0.307 e. The summed E-state index contributed by atoms with van der Waals surface area (Å²) in [5.41, 5.74) is 0. The number of hydrogen-bond donors (Lipinski definition) is 0. The van der Waals surface area contributed by atoms with Gasteiger partial charge in [-0.15, -0.1) is 0 Å². The quantitative estimate of drug-likeness (QED) is 0.634. The zero-order chi connectivity index (χ0) is 12.0. The minimum atomic E-state index is -0.0888. The first-order valence-corrected chi connectivity index (χ1v) is 6.18. The summed E-state index contributed by atoms with van der Waals surface area (Å²) >= 11 is 0. The second-order valence-electron chi connectivity index (χ2n) is 4.59. The Balaban J connectivity index is 2.15. The van der Waals surface area contributed by atoms with E-state index in [-0.39, 0.29) is 5.97 Å². The van der Waals surface area contributed by atoms with Gasteiger partial charge in [0.15, 0.2) is 0 Å². The van der Waals surface area contributed by atoms with Crippen LogP contribution in [0.15, 0.2) is 0 Å². The maximum absolute atomic E-state index is 11.2. The molecule has 1 aliphatic rings. The van der Waals surface area contributed by atoms with Gasteiger partial charge in [-0.25, -0.2) is 0 Å². The first-order valence-electron chi connectivity index (χ1n) is 6.18. The fourth-order valence-corrected chi connectivity index (χ4v) is 2.18. The standard InChI is InChI=1S/C12H24N2O2/c1-4-16-12(15)7-9-13(2)10-11-6-5-8-14(11)3/h11H,4-10H2,1-3H3. The van der Waals surface area contributed by atoms with Gasteiger partial charge in [0, 0.05) is 19.1 Å². The maximum atomic E-state index is 11.2. The topological polar surface area (TPSA) is 32.8 Å². The molecule has 1 aliphatic heterocycles. The molecule has 0 saturated carbocycles. The van der Waals surface area contributed by atoms with Gasteiger partial charge in [0.1, 0.15) is 0 Å². The van der Waals surface area contributed by atoms with Crippen LogP contribution < -0.4 is 0 Å². The molecule has 1 saturated heterocycles. The summed E-state index contributed by atoms with van der Waals surface area (Å²) in [6.07, 6.45) is 3.08. The predicted molar refractivity (Wildman–Crippen MR) is 64.4 cm³/mol. The first kappa shape index (κ1) is 13.5. The van der Waals surface area contributed by atoms with Gasteiger partial charge < -0.3 is 14.5 Å². The number of carbonyl (C=O) groups is 1. The van der Waals surface area contributed by atoms with Gasteiger partial charge in [0.05, 0.1) is 13.0 Å². The van der Waals surface area contributed by atoms with E-state index >= 15 is 0 Å². The molecule has 0 aromatic rings. The Morgan fingerprint density at radius 2 is 2.31 bits per heavy atom. The zero-order valence-electron chi connectivity index (χ0n) is 10.7. The molecule has 0 radical (unpaired) electrons. The molecule has 1 atom stereocenters. The van der Waals surface area contributed by atoms with E-state index in [1.165, 1.54) is 19.4 Å². The molecule has 4 heteroatoms. The fraction of sp³-hybridized carbons (Fsp3) is 0.917. The van der Waals surface area contributed by atoms with Crippen LogP contribution in [0.2, 0.25) is 0 Å². The minimum Gasteiger partial charge on any atom is -0.466 e. The van der Waals surface area contributed by atoms with E-state index in [0.29, 0.717) is 19.1 Å². The molecule has 0 N–H and O–H groups in total. The summed E-state index contributed by atoms with van der Waals surface area (Å²) < 4.78 is 4.91. The smallest absolute Gasteiger partial charge is 0.307 e. The average molecular weight is 228 g/mol. The second kappa shape index (κ2) is 6.86. The van der Waals surface area contributed by atoms with Crippen LogP contribution in [0.1, 0.15) is 26.2 Å². The minimum absolute atomic E-state index is 0.0888. The normalized spacial score (nSPS) is 21.6. The molecule has 0 amide bonds. The monoisotopic (exact) mass is 228 g/mol. The number of hydrogen-bond acceptors (Lipinski definition) is 4. The molecule has 0 spiro atoms. The Bertz CT molecular complexity index is 221. The van der Waals surface area contributed by atoms with Crippen molar-refractivity contribution in [3.8, 4) is 0 Å². The van der Waals surface area contributed by atoms with Gasteiger partial charge in [-0.2, -0.15) is 0 Å². The molecule has 1 heterocycles. The van der Waals surface area contributed by atoms with Crippen molar-refractivity contribution in [1.82, 2.24) is 9.80 Å². The third-order valence-corrected chi connectivity index (χ3v) is 3.20.